The Kier molecular flexibility index (Phi) is 5.42. The molecule has 1 unspecified atom stereocenters. The molecule has 90 valence electrons. The lowest BCUT2D eigenvalue weighted by Crippen LogP contribution is -2.28. The first-order valence-corrected chi connectivity index (χ1v) is 6.43. The highest BCUT2D eigenvalue weighted by Crippen LogP contribution is 2.16. The van der Waals surface area contributed by atoms with E-state index in [-0.39, 0.29) is 11.9 Å². The second-order valence-corrected chi connectivity index (χ2v) is 4.60. The number of rotatable bonds is 6. The topological polar surface area (TPSA) is 54.0 Å². The van der Waals surface area contributed by atoms with Gasteiger partial charge in [0.1, 0.15) is 5.01 Å². The van der Waals surface area contributed by atoms with Crippen LogP contribution in [-0.4, -0.2) is 24.0 Å². The SMILES string of the molecule is CCNC(=O)CCNC(C)c1nc(C)cs1. The molecule has 0 aliphatic carbocycles. The first kappa shape index (κ1) is 13.1. The summed E-state index contributed by atoms with van der Waals surface area (Å²) in [5.74, 6) is 0.0949. The average Bonchev–Trinajstić information content (AvgIpc) is 2.65. The molecular formula is C11H19N3OS. The summed E-state index contributed by atoms with van der Waals surface area (Å²) in [7, 11) is 0. The van der Waals surface area contributed by atoms with Crippen LogP contribution in [-0.2, 0) is 4.79 Å². The summed E-state index contributed by atoms with van der Waals surface area (Å²) in [4.78, 5) is 15.6. The molecule has 0 spiro atoms. The molecule has 0 saturated carbocycles. The van der Waals surface area contributed by atoms with Crippen LogP contribution in [0.4, 0.5) is 0 Å². The first-order chi connectivity index (χ1) is 7.63. The van der Waals surface area contributed by atoms with Gasteiger partial charge in [-0.1, -0.05) is 0 Å². The van der Waals surface area contributed by atoms with Crippen molar-refractivity contribution >= 4 is 17.2 Å². The molecule has 4 nitrogen and oxygen atoms in total. The van der Waals surface area contributed by atoms with E-state index in [4.69, 9.17) is 0 Å². The molecule has 0 aliphatic rings. The Hall–Kier alpha value is -0.940. The molecule has 16 heavy (non-hydrogen) atoms. The average molecular weight is 241 g/mol. The van der Waals surface area contributed by atoms with Gasteiger partial charge in [0.2, 0.25) is 5.91 Å². The van der Waals surface area contributed by atoms with E-state index in [1.807, 2.05) is 19.2 Å². The number of carbonyl (C=O) groups is 1. The van der Waals surface area contributed by atoms with Crippen molar-refractivity contribution in [1.29, 1.82) is 0 Å². The summed E-state index contributed by atoms with van der Waals surface area (Å²) in [6.07, 6.45) is 0.516. The molecule has 0 radical (unpaired) electrons. The summed E-state index contributed by atoms with van der Waals surface area (Å²) >= 11 is 1.65. The highest BCUT2D eigenvalue weighted by atomic mass is 32.1. The van der Waals surface area contributed by atoms with Gasteiger partial charge in [0, 0.05) is 30.6 Å². The van der Waals surface area contributed by atoms with Crippen LogP contribution in [0.3, 0.4) is 0 Å². The maximum absolute atomic E-state index is 11.2. The van der Waals surface area contributed by atoms with E-state index in [1.54, 1.807) is 11.3 Å². The van der Waals surface area contributed by atoms with E-state index in [0.717, 1.165) is 10.7 Å². The number of aromatic nitrogens is 1. The first-order valence-electron chi connectivity index (χ1n) is 5.55. The number of nitrogens with zero attached hydrogens (tertiary/aromatic N) is 1. The zero-order valence-corrected chi connectivity index (χ0v) is 10.9. The van der Waals surface area contributed by atoms with Crippen LogP contribution in [0, 0.1) is 6.92 Å². The highest BCUT2D eigenvalue weighted by molar-refractivity contribution is 7.09. The van der Waals surface area contributed by atoms with Gasteiger partial charge in [-0.05, 0) is 20.8 Å². The van der Waals surface area contributed by atoms with Gasteiger partial charge in [-0.25, -0.2) is 4.98 Å². The van der Waals surface area contributed by atoms with E-state index in [1.165, 1.54) is 0 Å². The number of nitrogens with one attached hydrogen (secondary N) is 2. The molecule has 1 rings (SSSR count). The fourth-order valence-electron chi connectivity index (χ4n) is 1.35. The molecule has 0 saturated heterocycles. The molecule has 1 heterocycles. The number of aryl methyl sites for hydroxylation is 1. The van der Waals surface area contributed by atoms with E-state index >= 15 is 0 Å². The third-order valence-electron chi connectivity index (χ3n) is 2.18. The van der Waals surface area contributed by atoms with Gasteiger partial charge in [-0.3, -0.25) is 4.79 Å². The molecule has 0 aliphatic heterocycles. The molecule has 0 fully saturated rings. The fourth-order valence-corrected chi connectivity index (χ4v) is 2.17. The molecular weight excluding hydrogens is 222 g/mol. The quantitative estimate of drug-likeness (QED) is 0.796. The van der Waals surface area contributed by atoms with Crippen molar-refractivity contribution in [2.24, 2.45) is 0 Å². The zero-order valence-electron chi connectivity index (χ0n) is 10.0. The number of carbonyl (C=O) groups excluding carboxylic acids is 1. The van der Waals surface area contributed by atoms with Gasteiger partial charge < -0.3 is 10.6 Å². The van der Waals surface area contributed by atoms with Crippen molar-refractivity contribution in [3.8, 4) is 0 Å². The monoisotopic (exact) mass is 241 g/mol. The Morgan fingerprint density at radius 1 is 1.62 bits per heavy atom. The number of hydrogen-bond acceptors (Lipinski definition) is 4. The number of thiazole rings is 1. The minimum atomic E-state index is 0.0949. The van der Waals surface area contributed by atoms with Gasteiger partial charge in [0.25, 0.3) is 0 Å². The molecule has 1 aromatic heterocycles. The smallest absolute Gasteiger partial charge is 0.221 e. The summed E-state index contributed by atoms with van der Waals surface area (Å²) in [6, 6.07) is 0.216. The van der Waals surface area contributed by atoms with Crippen LogP contribution in [0.15, 0.2) is 5.38 Å². The Morgan fingerprint density at radius 3 is 2.94 bits per heavy atom. The van der Waals surface area contributed by atoms with Crippen LogP contribution in [0.1, 0.15) is 37.0 Å². The molecule has 1 amide bonds. The van der Waals surface area contributed by atoms with Crippen molar-refractivity contribution in [3.05, 3.63) is 16.1 Å². The molecule has 0 aromatic carbocycles. The molecule has 1 atom stereocenters. The van der Waals surface area contributed by atoms with Crippen LogP contribution in [0.2, 0.25) is 0 Å². The fraction of sp³-hybridized carbons (Fsp3) is 0.636. The van der Waals surface area contributed by atoms with Gasteiger partial charge in [0.15, 0.2) is 0 Å². The van der Waals surface area contributed by atoms with Gasteiger partial charge in [0.05, 0.1) is 6.04 Å². The van der Waals surface area contributed by atoms with Crippen LogP contribution < -0.4 is 10.6 Å². The predicted molar refractivity (Wildman–Crippen MR) is 66.6 cm³/mol. The molecule has 0 bridgehead atoms. The number of amides is 1. The summed E-state index contributed by atoms with van der Waals surface area (Å²) in [6.45, 7) is 7.36. The van der Waals surface area contributed by atoms with Gasteiger partial charge in [-0.2, -0.15) is 0 Å². The lowest BCUT2D eigenvalue weighted by Gasteiger charge is -2.10. The van der Waals surface area contributed by atoms with Crippen LogP contribution >= 0.6 is 11.3 Å². The van der Waals surface area contributed by atoms with Gasteiger partial charge in [-0.15, -0.1) is 11.3 Å². The second kappa shape index (κ2) is 6.60. The third kappa shape index (κ3) is 4.28. The largest absolute Gasteiger partial charge is 0.356 e. The Bertz CT molecular complexity index is 338. The van der Waals surface area contributed by atoms with Crippen molar-refractivity contribution in [2.75, 3.05) is 13.1 Å². The highest BCUT2D eigenvalue weighted by Gasteiger charge is 2.08. The van der Waals surface area contributed by atoms with Crippen molar-refractivity contribution in [1.82, 2.24) is 15.6 Å². The van der Waals surface area contributed by atoms with E-state index < -0.39 is 0 Å². The molecule has 1 aromatic rings. The normalized spacial score (nSPS) is 12.4. The summed E-state index contributed by atoms with van der Waals surface area (Å²) in [5.41, 5.74) is 1.05. The van der Waals surface area contributed by atoms with Gasteiger partial charge >= 0.3 is 0 Å². The maximum atomic E-state index is 11.2. The predicted octanol–water partition coefficient (Wildman–Crippen LogP) is 1.63. The zero-order chi connectivity index (χ0) is 12.0. The Balaban J connectivity index is 2.25. The minimum absolute atomic E-state index is 0.0949. The summed E-state index contributed by atoms with van der Waals surface area (Å²) < 4.78 is 0. The Labute approximate surface area is 100 Å². The van der Waals surface area contributed by atoms with Crippen molar-refractivity contribution in [2.45, 2.75) is 33.2 Å². The van der Waals surface area contributed by atoms with E-state index in [0.29, 0.717) is 19.5 Å². The lowest BCUT2D eigenvalue weighted by atomic mass is 10.3. The number of hydrogen-bond donors (Lipinski definition) is 2. The third-order valence-corrected chi connectivity index (χ3v) is 3.33. The molecule has 2 N–H and O–H groups in total. The standard InChI is InChI=1S/C11H19N3OS/c1-4-12-10(15)5-6-13-9(3)11-14-8(2)7-16-11/h7,9,13H,4-6H2,1-3H3,(H,12,15). The van der Waals surface area contributed by atoms with Crippen LogP contribution in [0.25, 0.3) is 0 Å². The minimum Gasteiger partial charge on any atom is -0.356 e. The second-order valence-electron chi connectivity index (χ2n) is 3.71. The van der Waals surface area contributed by atoms with Crippen molar-refractivity contribution < 1.29 is 4.79 Å². The summed E-state index contributed by atoms with van der Waals surface area (Å²) in [5, 5.41) is 9.18. The Morgan fingerprint density at radius 2 is 2.38 bits per heavy atom. The van der Waals surface area contributed by atoms with Crippen LogP contribution in [0.5, 0.6) is 0 Å². The molecule has 5 heteroatoms. The van der Waals surface area contributed by atoms with E-state index in [2.05, 4.69) is 22.5 Å². The van der Waals surface area contributed by atoms with E-state index in [9.17, 15) is 4.79 Å². The maximum Gasteiger partial charge on any atom is 0.221 e. The van der Waals surface area contributed by atoms with Crippen molar-refractivity contribution in [3.63, 3.8) is 0 Å². The lowest BCUT2D eigenvalue weighted by molar-refractivity contribution is -0.120.